The summed E-state index contributed by atoms with van der Waals surface area (Å²) in [5.74, 6) is -0.353. The van der Waals surface area contributed by atoms with Crippen LogP contribution in [0.2, 0.25) is 0 Å². The van der Waals surface area contributed by atoms with Crippen molar-refractivity contribution in [1.82, 2.24) is 5.32 Å². The Hall–Kier alpha value is -2.21. The molecule has 1 saturated heterocycles. The van der Waals surface area contributed by atoms with E-state index in [0.29, 0.717) is 37.7 Å². The average Bonchev–Trinajstić information content (AvgIpc) is 2.83. The molecule has 1 aromatic rings. The van der Waals surface area contributed by atoms with Crippen molar-refractivity contribution < 1.29 is 19.1 Å². The number of ether oxygens (including phenoxy) is 1. The Morgan fingerprint density at radius 1 is 1.29 bits per heavy atom. The summed E-state index contributed by atoms with van der Waals surface area (Å²) in [5, 5.41) is 5.12. The van der Waals surface area contributed by atoms with Gasteiger partial charge in [0.05, 0.1) is 18.9 Å². The summed E-state index contributed by atoms with van der Waals surface area (Å²) >= 11 is 0. The van der Waals surface area contributed by atoms with Gasteiger partial charge in [-0.15, -0.1) is 0 Å². The van der Waals surface area contributed by atoms with Crippen molar-refractivity contribution in [3.05, 3.63) is 29.8 Å². The lowest BCUT2D eigenvalue weighted by Crippen LogP contribution is -2.22. The highest BCUT2D eigenvalue weighted by atomic mass is 16.5. The van der Waals surface area contributed by atoms with Crippen molar-refractivity contribution in [3.63, 3.8) is 0 Å². The molecule has 1 heterocycles. The van der Waals surface area contributed by atoms with Gasteiger partial charge in [-0.3, -0.25) is 19.7 Å². The second-order valence-electron chi connectivity index (χ2n) is 6.48. The standard InChI is InChI=1S/C18H24N2O4/c1-12(2)11-24-8-7-16(21)19-15-5-3-13(4-6-15)9-14-10-17(22)20-18(14)23/h3-6,12,14H,7-11H2,1-2H3,(H,19,21)(H,20,22,23)/t14-/m0/s1. The maximum atomic E-state index is 11.8. The van der Waals surface area contributed by atoms with Crippen LogP contribution in [0, 0.1) is 11.8 Å². The molecule has 2 N–H and O–H groups in total. The van der Waals surface area contributed by atoms with Crippen molar-refractivity contribution >= 4 is 23.4 Å². The minimum atomic E-state index is -0.295. The number of imide groups is 1. The second kappa shape index (κ2) is 8.59. The average molecular weight is 332 g/mol. The first-order valence-electron chi connectivity index (χ1n) is 8.24. The van der Waals surface area contributed by atoms with Gasteiger partial charge < -0.3 is 10.1 Å². The molecule has 0 bridgehead atoms. The van der Waals surface area contributed by atoms with E-state index in [4.69, 9.17) is 4.74 Å². The first-order valence-corrected chi connectivity index (χ1v) is 8.24. The van der Waals surface area contributed by atoms with Crippen molar-refractivity contribution in [2.24, 2.45) is 11.8 Å². The van der Waals surface area contributed by atoms with E-state index in [1.807, 2.05) is 12.1 Å². The lowest BCUT2D eigenvalue weighted by molar-refractivity contribution is -0.125. The normalized spacial score (nSPS) is 17.2. The van der Waals surface area contributed by atoms with E-state index < -0.39 is 0 Å². The number of nitrogens with one attached hydrogen (secondary N) is 2. The number of hydrogen-bond donors (Lipinski definition) is 2. The fourth-order valence-electron chi connectivity index (χ4n) is 2.49. The van der Waals surface area contributed by atoms with Crippen LogP contribution in [0.15, 0.2) is 24.3 Å². The van der Waals surface area contributed by atoms with Gasteiger partial charge in [-0.1, -0.05) is 26.0 Å². The molecule has 0 unspecified atom stereocenters. The van der Waals surface area contributed by atoms with Crippen LogP contribution in [-0.4, -0.2) is 30.9 Å². The molecular formula is C18H24N2O4. The van der Waals surface area contributed by atoms with Gasteiger partial charge in [0.25, 0.3) is 0 Å². The number of anilines is 1. The SMILES string of the molecule is CC(C)COCCC(=O)Nc1ccc(C[C@H]2CC(=O)NC2=O)cc1. The molecule has 1 aliphatic heterocycles. The number of benzene rings is 1. The third-order valence-corrected chi connectivity index (χ3v) is 3.71. The molecule has 2 rings (SSSR count). The first-order chi connectivity index (χ1) is 11.4. The Morgan fingerprint density at radius 3 is 2.58 bits per heavy atom. The van der Waals surface area contributed by atoms with E-state index in [1.165, 1.54) is 0 Å². The molecule has 24 heavy (non-hydrogen) atoms. The zero-order valence-electron chi connectivity index (χ0n) is 14.1. The van der Waals surface area contributed by atoms with Crippen molar-refractivity contribution in [3.8, 4) is 0 Å². The van der Waals surface area contributed by atoms with E-state index in [9.17, 15) is 14.4 Å². The minimum Gasteiger partial charge on any atom is -0.381 e. The Kier molecular flexibility index (Phi) is 6.49. The molecule has 1 atom stereocenters. The molecule has 6 nitrogen and oxygen atoms in total. The summed E-state index contributed by atoms with van der Waals surface area (Å²) in [4.78, 5) is 34.6. The fourth-order valence-corrected chi connectivity index (χ4v) is 2.49. The van der Waals surface area contributed by atoms with Crippen LogP contribution in [0.4, 0.5) is 5.69 Å². The third kappa shape index (κ3) is 5.77. The highest BCUT2D eigenvalue weighted by Crippen LogP contribution is 2.19. The minimum absolute atomic E-state index is 0.0905. The predicted octanol–water partition coefficient (Wildman–Crippen LogP) is 1.89. The molecule has 1 fully saturated rings. The van der Waals surface area contributed by atoms with Gasteiger partial charge in [0, 0.05) is 18.7 Å². The zero-order chi connectivity index (χ0) is 17.5. The number of rotatable bonds is 8. The van der Waals surface area contributed by atoms with Crippen LogP contribution < -0.4 is 10.6 Å². The molecule has 130 valence electrons. The summed E-state index contributed by atoms with van der Waals surface area (Å²) in [6.45, 7) is 5.19. The van der Waals surface area contributed by atoms with Crippen LogP contribution in [0.3, 0.4) is 0 Å². The summed E-state index contributed by atoms with van der Waals surface area (Å²) in [7, 11) is 0. The van der Waals surface area contributed by atoms with Crippen molar-refractivity contribution in [2.45, 2.75) is 33.1 Å². The Labute approximate surface area is 142 Å². The molecule has 0 aromatic heterocycles. The predicted molar refractivity (Wildman–Crippen MR) is 90.3 cm³/mol. The van der Waals surface area contributed by atoms with E-state index >= 15 is 0 Å². The highest BCUT2D eigenvalue weighted by Gasteiger charge is 2.30. The molecule has 0 saturated carbocycles. The first kappa shape index (κ1) is 18.1. The van der Waals surface area contributed by atoms with Crippen LogP contribution in [-0.2, 0) is 25.5 Å². The Bertz CT molecular complexity index is 596. The van der Waals surface area contributed by atoms with Gasteiger partial charge >= 0.3 is 0 Å². The van der Waals surface area contributed by atoms with Crippen LogP contribution >= 0.6 is 0 Å². The van der Waals surface area contributed by atoms with Crippen molar-refractivity contribution in [2.75, 3.05) is 18.5 Å². The van der Waals surface area contributed by atoms with Gasteiger partial charge in [-0.05, 0) is 30.0 Å². The molecule has 0 aliphatic carbocycles. The smallest absolute Gasteiger partial charge is 0.230 e. The maximum absolute atomic E-state index is 11.8. The van der Waals surface area contributed by atoms with Crippen LogP contribution in [0.25, 0.3) is 0 Å². The van der Waals surface area contributed by atoms with E-state index in [0.717, 1.165) is 5.56 Å². The van der Waals surface area contributed by atoms with Crippen LogP contribution in [0.5, 0.6) is 0 Å². The van der Waals surface area contributed by atoms with E-state index in [-0.39, 0.29) is 30.1 Å². The third-order valence-electron chi connectivity index (χ3n) is 3.71. The van der Waals surface area contributed by atoms with Gasteiger partial charge in [0.1, 0.15) is 0 Å². The van der Waals surface area contributed by atoms with Crippen LogP contribution in [0.1, 0.15) is 32.3 Å². The molecular weight excluding hydrogens is 308 g/mol. The fraction of sp³-hybridized carbons (Fsp3) is 0.500. The molecule has 1 aliphatic rings. The maximum Gasteiger partial charge on any atom is 0.230 e. The van der Waals surface area contributed by atoms with Gasteiger partial charge in [0.15, 0.2) is 0 Å². The monoisotopic (exact) mass is 332 g/mol. The van der Waals surface area contributed by atoms with Gasteiger partial charge in [-0.25, -0.2) is 0 Å². The van der Waals surface area contributed by atoms with Crippen molar-refractivity contribution in [1.29, 1.82) is 0 Å². The lowest BCUT2D eigenvalue weighted by atomic mass is 9.98. The summed E-state index contributed by atoms with van der Waals surface area (Å²) < 4.78 is 5.39. The second-order valence-corrected chi connectivity index (χ2v) is 6.48. The quantitative estimate of drug-likeness (QED) is 0.562. The molecule has 3 amide bonds. The number of hydrogen-bond acceptors (Lipinski definition) is 4. The zero-order valence-corrected chi connectivity index (χ0v) is 14.1. The highest BCUT2D eigenvalue weighted by molar-refractivity contribution is 6.03. The summed E-state index contributed by atoms with van der Waals surface area (Å²) in [6, 6.07) is 7.33. The van der Waals surface area contributed by atoms with E-state index in [2.05, 4.69) is 24.5 Å². The largest absolute Gasteiger partial charge is 0.381 e. The van der Waals surface area contributed by atoms with E-state index in [1.54, 1.807) is 12.1 Å². The number of amides is 3. The molecule has 0 spiro atoms. The lowest BCUT2D eigenvalue weighted by Gasteiger charge is -2.09. The van der Waals surface area contributed by atoms with Gasteiger partial charge in [-0.2, -0.15) is 0 Å². The molecule has 1 aromatic carbocycles. The molecule has 0 radical (unpaired) electrons. The van der Waals surface area contributed by atoms with Gasteiger partial charge in [0.2, 0.25) is 17.7 Å². The number of carbonyl (C=O) groups excluding carboxylic acids is 3. The Morgan fingerprint density at radius 2 is 2.00 bits per heavy atom. The Balaban J connectivity index is 1.76. The molecule has 6 heteroatoms. The topological polar surface area (TPSA) is 84.5 Å². The summed E-state index contributed by atoms with van der Waals surface area (Å²) in [5.41, 5.74) is 1.67. The summed E-state index contributed by atoms with van der Waals surface area (Å²) in [6.07, 6.45) is 1.08. The number of carbonyl (C=O) groups is 3.